The summed E-state index contributed by atoms with van der Waals surface area (Å²) in [5.74, 6) is 0. The van der Waals surface area contributed by atoms with Gasteiger partial charge in [0.15, 0.2) is 0 Å². The van der Waals surface area contributed by atoms with E-state index in [9.17, 15) is 0 Å². The van der Waals surface area contributed by atoms with Crippen LogP contribution in [0.1, 0.15) is 40.4 Å². The van der Waals surface area contributed by atoms with Crippen molar-refractivity contribution in [3.63, 3.8) is 0 Å². The van der Waals surface area contributed by atoms with Crippen LogP contribution >= 0.6 is 0 Å². The van der Waals surface area contributed by atoms with Gasteiger partial charge in [0.1, 0.15) is 6.17 Å². The third kappa shape index (κ3) is 4.67. The maximum atomic E-state index is 6.87. The minimum atomic E-state index is -0.523. The molecule has 1 aromatic heterocycles. The Bertz CT molecular complexity index is 2520. The maximum absolute atomic E-state index is 6.87. The predicted octanol–water partition coefficient (Wildman–Crippen LogP) is 10.5. The van der Waals surface area contributed by atoms with Crippen LogP contribution in [-0.4, -0.2) is 10.3 Å². The molecule has 2 N–H and O–H groups in total. The lowest BCUT2D eigenvalue weighted by atomic mass is 9.92. The second-order valence-corrected chi connectivity index (χ2v) is 12.4. The number of benzene rings is 7. The lowest BCUT2D eigenvalue weighted by molar-refractivity contribution is 0.776. The van der Waals surface area contributed by atoms with E-state index >= 15 is 0 Å². The van der Waals surface area contributed by atoms with Crippen molar-refractivity contribution in [2.24, 2.45) is 10.7 Å². The molecular formula is C44H33N3. The Balaban J connectivity index is 1.17. The van der Waals surface area contributed by atoms with Crippen LogP contribution in [0.5, 0.6) is 0 Å². The number of fused-ring (bicyclic) bond motifs is 8. The fourth-order valence-corrected chi connectivity index (χ4v) is 7.35. The van der Waals surface area contributed by atoms with Gasteiger partial charge in [-0.25, -0.2) is 0 Å². The number of aryl methyl sites for hydroxylation is 1. The Morgan fingerprint density at radius 2 is 1.32 bits per heavy atom. The lowest BCUT2D eigenvalue weighted by Crippen LogP contribution is -2.13. The summed E-state index contributed by atoms with van der Waals surface area (Å²) in [6.45, 7) is 0. The zero-order valence-electron chi connectivity index (χ0n) is 26.0. The summed E-state index contributed by atoms with van der Waals surface area (Å²) in [7, 11) is 0. The number of rotatable bonds is 5. The topological polar surface area (TPSA) is 43.3 Å². The van der Waals surface area contributed by atoms with Crippen LogP contribution in [0.4, 0.5) is 0 Å². The van der Waals surface area contributed by atoms with Gasteiger partial charge in [-0.15, -0.1) is 0 Å². The Kier molecular flexibility index (Phi) is 6.58. The average Bonchev–Trinajstić information content (AvgIpc) is 3.49. The van der Waals surface area contributed by atoms with E-state index in [-0.39, 0.29) is 0 Å². The molecule has 0 bridgehead atoms. The molecule has 1 atom stereocenters. The van der Waals surface area contributed by atoms with Gasteiger partial charge in [-0.05, 0) is 81.4 Å². The Labute approximate surface area is 273 Å². The molecule has 7 aromatic carbocycles. The number of hydrogen-bond acceptors (Lipinski definition) is 2. The molecule has 0 saturated heterocycles. The highest BCUT2D eigenvalue weighted by molar-refractivity contribution is 6.23. The molecular weight excluding hydrogens is 571 g/mol. The fourth-order valence-electron chi connectivity index (χ4n) is 7.35. The van der Waals surface area contributed by atoms with Crippen molar-refractivity contribution in [1.82, 2.24) is 4.57 Å². The molecule has 1 unspecified atom stereocenters. The fraction of sp³-hybridized carbons (Fsp3) is 0.0682. The molecule has 47 heavy (non-hydrogen) atoms. The number of nitrogens with zero attached hydrogens (tertiary/aromatic N) is 2. The van der Waals surface area contributed by atoms with E-state index in [1.807, 2.05) is 18.2 Å². The highest BCUT2D eigenvalue weighted by Crippen LogP contribution is 2.41. The van der Waals surface area contributed by atoms with Gasteiger partial charge in [-0.2, -0.15) is 0 Å². The van der Waals surface area contributed by atoms with E-state index in [2.05, 4.69) is 144 Å². The van der Waals surface area contributed by atoms with Crippen molar-refractivity contribution < 1.29 is 0 Å². The van der Waals surface area contributed by atoms with E-state index < -0.39 is 6.17 Å². The second kappa shape index (κ2) is 11.2. The van der Waals surface area contributed by atoms with Gasteiger partial charge in [-0.3, -0.25) is 4.99 Å². The quantitative estimate of drug-likeness (QED) is 0.195. The minimum Gasteiger partial charge on any atom is -0.309 e. The first-order chi connectivity index (χ1) is 23.2. The van der Waals surface area contributed by atoms with Gasteiger partial charge < -0.3 is 10.3 Å². The van der Waals surface area contributed by atoms with Crippen LogP contribution < -0.4 is 5.73 Å². The summed E-state index contributed by atoms with van der Waals surface area (Å²) in [4.78, 5) is 5.15. The first-order valence-corrected chi connectivity index (χ1v) is 16.4. The lowest BCUT2D eigenvalue weighted by Gasteiger charge is -2.15. The number of aromatic nitrogens is 1. The summed E-state index contributed by atoms with van der Waals surface area (Å²) in [6.07, 6.45) is 6.29. The van der Waals surface area contributed by atoms with E-state index in [4.69, 9.17) is 10.7 Å². The normalized spacial score (nSPS) is 13.9. The molecule has 0 amide bonds. The molecule has 0 fully saturated rings. The highest BCUT2D eigenvalue weighted by Gasteiger charge is 2.20. The molecule has 0 radical (unpaired) electrons. The van der Waals surface area contributed by atoms with Crippen LogP contribution in [0.3, 0.4) is 0 Å². The number of nitrogens with two attached hydrogens (primary N) is 1. The van der Waals surface area contributed by atoms with Crippen LogP contribution in [-0.2, 0) is 6.42 Å². The Morgan fingerprint density at radius 3 is 2.17 bits per heavy atom. The van der Waals surface area contributed by atoms with Gasteiger partial charge >= 0.3 is 0 Å². The molecule has 0 spiro atoms. The second-order valence-electron chi connectivity index (χ2n) is 12.4. The summed E-state index contributed by atoms with van der Waals surface area (Å²) in [6, 6.07) is 51.8. The summed E-state index contributed by atoms with van der Waals surface area (Å²) < 4.78 is 2.41. The van der Waals surface area contributed by atoms with Crippen molar-refractivity contribution in [1.29, 1.82) is 0 Å². The van der Waals surface area contributed by atoms with E-state index in [0.717, 1.165) is 40.9 Å². The first kappa shape index (κ1) is 27.5. The van der Waals surface area contributed by atoms with Crippen LogP contribution in [0.15, 0.2) is 157 Å². The van der Waals surface area contributed by atoms with E-state index in [1.54, 1.807) is 0 Å². The van der Waals surface area contributed by atoms with Crippen molar-refractivity contribution in [3.8, 4) is 5.69 Å². The molecule has 3 nitrogen and oxygen atoms in total. The molecule has 1 aliphatic carbocycles. The van der Waals surface area contributed by atoms with Crippen LogP contribution in [0.2, 0.25) is 0 Å². The zero-order valence-corrected chi connectivity index (χ0v) is 26.0. The van der Waals surface area contributed by atoms with Gasteiger partial charge in [0, 0.05) is 27.6 Å². The van der Waals surface area contributed by atoms with E-state index in [1.165, 1.54) is 54.5 Å². The Morgan fingerprint density at radius 1 is 0.617 bits per heavy atom. The average molecular weight is 604 g/mol. The molecule has 1 heterocycles. The van der Waals surface area contributed by atoms with Crippen LogP contribution in [0, 0.1) is 0 Å². The standard InChI is InChI=1S/C44H33N3/c45-44(46-43(32-13-2-1-3-14-32)35-19-18-29-10-4-5-15-34(29)28-35)33-20-24-36(25-21-33)47-39-26-22-30-11-6-8-16-37(30)41(39)42-38-17-9-7-12-31(38)23-27-40(42)47/h1-6,8-11,13-28,44H,7,12,45H2. The van der Waals surface area contributed by atoms with Gasteiger partial charge in [0.05, 0.1) is 16.7 Å². The molecule has 8 aromatic rings. The molecule has 3 heteroatoms. The monoisotopic (exact) mass is 603 g/mol. The molecule has 0 saturated carbocycles. The summed E-state index contributed by atoms with van der Waals surface area (Å²) in [5.41, 5.74) is 17.1. The van der Waals surface area contributed by atoms with Gasteiger partial charge in [0.2, 0.25) is 0 Å². The van der Waals surface area contributed by atoms with Crippen molar-refractivity contribution >= 4 is 55.1 Å². The zero-order chi connectivity index (χ0) is 31.3. The SMILES string of the molecule is NC(N=C(c1ccccc1)c1ccc2ccccc2c1)c1ccc(-n2c3ccc4c(c3c3c5ccccc5ccc32)C=CCC4)cc1. The molecule has 9 rings (SSSR count). The van der Waals surface area contributed by atoms with Gasteiger partial charge in [-0.1, -0.05) is 127 Å². The number of aliphatic imine (C=N–C) groups is 1. The Hall–Kier alpha value is -5.77. The molecule has 0 aliphatic heterocycles. The van der Waals surface area contributed by atoms with E-state index in [0.29, 0.717) is 0 Å². The predicted molar refractivity (Wildman–Crippen MR) is 199 cm³/mol. The summed E-state index contributed by atoms with van der Waals surface area (Å²) in [5, 5.41) is 7.58. The molecule has 224 valence electrons. The highest BCUT2D eigenvalue weighted by atomic mass is 15.0. The number of allylic oxidation sites excluding steroid dienone is 1. The maximum Gasteiger partial charge on any atom is 0.123 e. The van der Waals surface area contributed by atoms with Crippen molar-refractivity contribution in [2.45, 2.75) is 19.0 Å². The van der Waals surface area contributed by atoms with Crippen molar-refractivity contribution in [2.75, 3.05) is 0 Å². The third-order valence-electron chi connectivity index (χ3n) is 9.65. The minimum absolute atomic E-state index is 0.523. The summed E-state index contributed by atoms with van der Waals surface area (Å²) >= 11 is 0. The number of hydrogen-bond donors (Lipinski definition) is 1. The third-order valence-corrected chi connectivity index (χ3v) is 9.65. The van der Waals surface area contributed by atoms with Gasteiger partial charge in [0.25, 0.3) is 0 Å². The molecule has 1 aliphatic rings. The first-order valence-electron chi connectivity index (χ1n) is 16.4. The largest absolute Gasteiger partial charge is 0.309 e. The van der Waals surface area contributed by atoms with Crippen LogP contribution in [0.25, 0.3) is 55.1 Å². The smallest absolute Gasteiger partial charge is 0.123 e. The van der Waals surface area contributed by atoms with Crippen molar-refractivity contribution in [3.05, 3.63) is 179 Å².